The van der Waals surface area contributed by atoms with Crippen molar-refractivity contribution in [1.29, 1.82) is 0 Å². The van der Waals surface area contributed by atoms with E-state index in [1.807, 2.05) is 49.6 Å². The van der Waals surface area contributed by atoms with Crippen LogP contribution in [0.4, 0.5) is 4.79 Å². The molecule has 0 radical (unpaired) electrons. The number of fused-ring (bicyclic) bond motifs is 1. The van der Waals surface area contributed by atoms with Crippen molar-refractivity contribution in [2.45, 2.75) is 38.5 Å². The van der Waals surface area contributed by atoms with Crippen molar-refractivity contribution in [3.05, 3.63) is 47.4 Å². The summed E-state index contributed by atoms with van der Waals surface area (Å²) in [7, 11) is 0. The number of imide groups is 1. The van der Waals surface area contributed by atoms with Crippen LogP contribution in [-0.2, 0) is 16.1 Å². The van der Waals surface area contributed by atoms with E-state index in [2.05, 4.69) is 0 Å². The molecule has 4 amide bonds. The van der Waals surface area contributed by atoms with Gasteiger partial charge >= 0.3 is 11.9 Å². The minimum Gasteiger partial charge on any atom is -0.335 e. The molecule has 2 heterocycles. The second kappa shape index (κ2) is 9.19. The number of hydrogen-bond donors (Lipinski definition) is 0. The molecule has 0 spiro atoms. The largest absolute Gasteiger partial charge is 0.501 e. The Kier molecular flexibility index (Phi) is 6.67. The molecule has 0 aliphatic carbocycles. The van der Waals surface area contributed by atoms with Crippen LogP contribution in [0.2, 0.25) is 0 Å². The lowest BCUT2D eigenvalue weighted by Crippen LogP contribution is -2.57. The van der Waals surface area contributed by atoms with Crippen LogP contribution in [-0.4, -0.2) is 62.8 Å². The quantitative estimate of drug-likeness (QED) is 0.630. The average molecular weight is 401 g/mol. The van der Waals surface area contributed by atoms with Gasteiger partial charge in [0.1, 0.15) is 5.71 Å². The predicted molar refractivity (Wildman–Crippen MR) is 110 cm³/mol. The molecule has 1 aromatic carbocycles. The van der Waals surface area contributed by atoms with Gasteiger partial charge in [-0.25, -0.2) is 4.79 Å². The van der Waals surface area contributed by atoms with Crippen LogP contribution in [0.3, 0.4) is 0 Å². The minimum atomic E-state index is -0.424. The molecule has 0 aromatic heterocycles. The van der Waals surface area contributed by atoms with Crippen molar-refractivity contribution >= 4 is 35.3 Å². The maximum Gasteiger partial charge on any atom is 0.501 e. The zero-order valence-electron chi connectivity index (χ0n) is 16.3. The molecule has 7 heteroatoms. The molecule has 0 fully saturated rings. The second-order valence-electron chi connectivity index (χ2n) is 6.85. The number of amides is 4. The number of thioether (sulfide) groups is 1. The van der Waals surface area contributed by atoms with Gasteiger partial charge < -0.3 is 4.90 Å². The zero-order valence-corrected chi connectivity index (χ0v) is 17.2. The number of allylic oxidation sites excluding steroid dienone is 1. The first-order valence-electron chi connectivity index (χ1n) is 9.70. The number of nitrogens with zero attached hydrogens (tertiary/aromatic N) is 3. The van der Waals surface area contributed by atoms with Crippen LogP contribution in [0.1, 0.15) is 32.3 Å². The first kappa shape index (κ1) is 20.3. The van der Waals surface area contributed by atoms with Gasteiger partial charge in [-0.3, -0.25) is 4.79 Å². The molecule has 0 N–H and O–H groups in total. The number of urea groups is 1. The zero-order chi connectivity index (χ0) is 20.1. The summed E-state index contributed by atoms with van der Waals surface area (Å²) in [6.07, 6.45) is 3.43. The average Bonchev–Trinajstić information content (AvgIpc) is 3.20. The molecule has 148 valence electrons. The summed E-state index contributed by atoms with van der Waals surface area (Å²) >= 11 is 1.39. The number of rotatable bonds is 8. The molecular weight excluding hydrogens is 374 g/mol. The Labute approximate surface area is 169 Å². The van der Waals surface area contributed by atoms with E-state index in [0.717, 1.165) is 18.4 Å². The van der Waals surface area contributed by atoms with Gasteiger partial charge in [-0.2, -0.15) is 14.3 Å². The first-order chi connectivity index (χ1) is 13.6. The summed E-state index contributed by atoms with van der Waals surface area (Å²) in [4.78, 5) is 41.7. The van der Waals surface area contributed by atoms with Crippen molar-refractivity contribution < 1.29 is 19.0 Å². The molecule has 6 nitrogen and oxygen atoms in total. The molecule has 0 saturated carbocycles. The lowest BCUT2D eigenvalue weighted by molar-refractivity contribution is -0.428. The highest BCUT2D eigenvalue weighted by Crippen LogP contribution is 2.28. The summed E-state index contributed by atoms with van der Waals surface area (Å²) in [5.41, 5.74) is 1.67. The van der Waals surface area contributed by atoms with Crippen molar-refractivity contribution in [2.75, 3.05) is 19.6 Å². The van der Waals surface area contributed by atoms with E-state index >= 15 is 0 Å². The molecule has 2 aliphatic rings. The van der Waals surface area contributed by atoms with Gasteiger partial charge in [0.15, 0.2) is 11.8 Å². The minimum absolute atomic E-state index is 0.0495. The van der Waals surface area contributed by atoms with Gasteiger partial charge in [-0.05, 0) is 30.4 Å². The lowest BCUT2D eigenvalue weighted by atomic mass is 10.1. The number of carbonyl (C=O) groups excluding carboxylic acids is 3. The Morgan fingerprint density at radius 2 is 1.96 bits per heavy atom. The summed E-state index contributed by atoms with van der Waals surface area (Å²) in [5.74, 6) is -0.301. The molecule has 0 saturated heterocycles. The standard InChI is InChI=1S/C21H26N3O3S/c1-3-5-12-23-20(26)19-17(11-13-28-19)24(21(23)27)15-18(25)22(4-2)14-16-9-7-6-8-10-16/h6-11,13,19H,3-5,12,14-15H2,1-2H3/q+1. The molecular formula is C21H26N3O3S+. The molecule has 3 rings (SSSR count). The predicted octanol–water partition coefficient (Wildman–Crippen LogP) is 2.88. The molecule has 28 heavy (non-hydrogen) atoms. The summed E-state index contributed by atoms with van der Waals surface area (Å²) < 4.78 is 1.48. The fourth-order valence-corrected chi connectivity index (χ4v) is 4.31. The van der Waals surface area contributed by atoms with Crippen molar-refractivity contribution in [3.63, 3.8) is 0 Å². The monoisotopic (exact) mass is 400 g/mol. The summed E-state index contributed by atoms with van der Waals surface area (Å²) in [5, 5.41) is 1.40. The van der Waals surface area contributed by atoms with Gasteiger partial charge in [-0.15, -0.1) is 11.8 Å². The number of hydrogen-bond acceptors (Lipinski definition) is 4. The fourth-order valence-electron chi connectivity index (χ4n) is 3.35. The third-order valence-corrected chi connectivity index (χ3v) is 5.97. The molecule has 2 aliphatic heterocycles. The highest BCUT2D eigenvalue weighted by atomic mass is 32.2. The van der Waals surface area contributed by atoms with E-state index in [1.54, 1.807) is 11.0 Å². The van der Waals surface area contributed by atoms with Gasteiger partial charge in [0, 0.05) is 13.1 Å². The third-order valence-electron chi connectivity index (χ3n) is 4.97. The van der Waals surface area contributed by atoms with E-state index < -0.39 is 5.25 Å². The van der Waals surface area contributed by atoms with E-state index in [1.165, 1.54) is 21.2 Å². The van der Waals surface area contributed by atoms with Gasteiger partial charge in [0.25, 0.3) is 5.91 Å². The van der Waals surface area contributed by atoms with Gasteiger partial charge in [-0.1, -0.05) is 43.7 Å². The number of unbranched alkanes of at least 4 members (excludes halogenated alkanes) is 1. The first-order valence-corrected chi connectivity index (χ1v) is 10.6. The van der Waals surface area contributed by atoms with Crippen molar-refractivity contribution in [1.82, 2.24) is 9.80 Å². The van der Waals surface area contributed by atoms with Crippen LogP contribution in [0.25, 0.3) is 0 Å². The van der Waals surface area contributed by atoms with E-state index in [-0.39, 0.29) is 24.4 Å². The SMILES string of the molecule is CCCCN1C(=O)C2SC=CC2=[N+](CC(=O)N(CC)Cc2ccccc2)C1=O. The third kappa shape index (κ3) is 4.19. The summed E-state index contributed by atoms with van der Waals surface area (Å²) in [6, 6.07) is 9.40. The Bertz CT molecular complexity index is 819. The van der Waals surface area contributed by atoms with Gasteiger partial charge in [0.05, 0.1) is 6.54 Å². The Morgan fingerprint density at radius 3 is 2.64 bits per heavy atom. The lowest BCUT2D eigenvalue weighted by Gasteiger charge is -2.26. The summed E-state index contributed by atoms with van der Waals surface area (Å²) in [6.45, 7) is 5.35. The van der Waals surface area contributed by atoms with E-state index in [4.69, 9.17) is 0 Å². The van der Waals surface area contributed by atoms with Crippen molar-refractivity contribution in [3.8, 4) is 0 Å². The van der Waals surface area contributed by atoms with Crippen LogP contribution in [0.5, 0.6) is 0 Å². The smallest absolute Gasteiger partial charge is 0.335 e. The maximum absolute atomic E-state index is 13.0. The van der Waals surface area contributed by atoms with E-state index in [9.17, 15) is 14.4 Å². The molecule has 0 bridgehead atoms. The maximum atomic E-state index is 13.0. The highest BCUT2D eigenvalue weighted by Gasteiger charge is 2.49. The second-order valence-corrected chi connectivity index (χ2v) is 7.87. The Hall–Kier alpha value is -2.41. The number of carbonyl (C=O) groups is 3. The molecule has 1 atom stereocenters. The van der Waals surface area contributed by atoms with Gasteiger partial charge in [0.2, 0.25) is 0 Å². The normalized spacial score (nSPS) is 18.6. The molecule has 1 unspecified atom stereocenters. The molecule has 1 aromatic rings. The van der Waals surface area contributed by atoms with Crippen LogP contribution in [0.15, 0.2) is 41.8 Å². The van der Waals surface area contributed by atoms with Crippen LogP contribution in [0, 0.1) is 0 Å². The Morgan fingerprint density at radius 1 is 1.21 bits per heavy atom. The van der Waals surface area contributed by atoms with Crippen LogP contribution >= 0.6 is 11.8 Å². The van der Waals surface area contributed by atoms with Crippen molar-refractivity contribution in [2.24, 2.45) is 0 Å². The number of benzene rings is 1. The fraction of sp³-hybridized carbons (Fsp3) is 0.429. The van der Waals surface area contributed by atoms with Crippen LogP contribution < -0.4 is 0 Å². The van der Waals surface area contributed by atoms with E-state index in [0.29, 0.717) is 25.3 Å². The Balaban J connectivity index is 1.80. The topological polar surface area (TPSA) is 60.7 Å². The highest BCUT2D eigenvalue weighted by molar-refractivity contribution is 8.04. The number of likely N-dealkylation sites (N-methyl/N-ethyl adjacent to an activating group) is 1.